The molecule has 86 valence electrons. The summed E-state index contributed by atoms with van der Waals surface area (Å²) in [5.41, 5.74) is 5.41. The first kappa shape index (κ1) is 11.6. The summed E-state index contributed by atoms with van der Waals surface area (Å²) in [5.74, 6) is 3.17. The first-order chi connectivity index (χ1) is 7.90. The Bertz CT molecular complexity index is 413. The summed E-state index contributed by atoms with van der Waals surface area (Å²) >= 11 is 3.38. The zero-order valence-corrected chi connectivity index (χ0v) is 10.4. The van der Waals surface area contributed by atoms with Gasteiger partial charge in [0.2, 0.25) is 11.7 Å². The number of hydrogen-bond donors (Lipinski definition) is 1. The lowest BCUT2D eigenvalue weighted by Crippen LogP contribution is -1.99. The van der Waals surface area contributed by atoms with E-state index in [1.54, 1.807) is 23.1 Å². The van der Waals surface area contributed by atoms with Gasteiger partial charge in [-0.25, -0.2) is 0 Å². The summed E-state index contributed by atoms with van der Waals surface area (Å²) in [6.07, 6.45) is 1.02. The average Bonchev–Trinajstić information content (AvgIpc) is 2.94. The summed E-state index contributed by atoms with van der Waals surface area (Å²) in [6.45, 7) is 0.733. The van der Waals surface area contributed by atoms with Gasteiger partial charge in [-0.05, 0) is 30.2 Å². The van der Waals surface area contributed by atoms with Gasteiger partial charge in [0.15, 0.2) is 0 Å². The highest BCUT2D eigenvalue weighted by molar-refractivity contribution is 7.98. The molecule has 0 fully saturated rings. The van der Waals surface area contributed by atoms with Crippen molar-refractivity contribution < 1.29 is 4.52 Å². The van der Waals surface area contributed by atoms with Crippen molar-refractivity contribution >= 4 is 23.1 Å². The normalized spacial score (nSPS) is 10.8. The molecule has 0 bridgehead atoms. The van der Waals surface area contributed by atoms with E-state index >= 15 is 0 Å². The van der Waals surface area contributed by atoms with E-state index in [0.29, 0.717) is 11.7 Å². The van der Waals surface area contributed by atoms with Gasteiger partial charge >= 0.3 is 0 Å². The average molecular weight is 255 g/mol. The third-order valence-electron chi connectivity index (χ3n) is 1.93. The summed E-state index contributed by atoms with van der Waals surface area (Å²) in [7, 11) is 0. The molecule has 0 amide bonds. The van der Waals surface area contributed by atoms with Crippen molar-refractivity contribution in [2.45, 2.75) is 12.2 Å². The molecule has 2 N–H and O–H groups in total. The molecule has 0 atom stereocenters. The fourth-order valence-corrected chi connectivity index (χ4v) is 2.62. The predicted octanol–water partition coefficient (Wildman–Crippen LogP) is 2.38. The highest BCUT2D eigenvalue weighted by Crippen LogP contribution is 2.22. The lowest BCUT2D eigenvalue weighted by Gasteiger charge is -1.94. The van der Waals surface area contributed by atoms with Crippen LogP contribution in [0.5, 0.6) is 0 Å². The maximum atomic E-state index is 5.41. The molecule has 0 aliphatic rings. The lowest BCUT2D eigenvalue weighted by atomic mass is 10.4. The molecule has 0 saturated carbocycles. The molecule has 0 aliphatic heterocycles. The van der Waals surface area contributed by atoms with Gasteiger partial charge in [0.25, 0.3) is 0 Å². The fourth-order valence-electron chi connectivity index (χ4n) is 1.16. The summed E-state index contributed by atoms with van der Waals surface area (Å²) < 4.78 is 5.16. The highest BCUT2D eigenvalue weighted by atomic mass is 32.2. The van der Waals surface area contributed by atoms with Crippen molar-refractivity contribution in [3.63, 3.8) is 0 Å². The number of nitrogens with zero attached hydrogens (tertiary/aromatic N) is 2. The van der Waals surface area contributed by atoms with Crippen molar-refractivity contribution in [3.05, 3.63) is 23.4 Å². The van der Waals surface area contributed by atoms with Crippen molar-refractivity contribution in [2.24, 2.45) is 5.73 Å². The van der Waals surface area contributed by atoms with Gasteiger partial charge in [0, 0.05) is 0 Å². The molecule has 0 radical (unpaired) electrons. The van der Waals surface area contributed by atoms with Crippen LogP contribution in [0.4, 0.5) is 0 Å². The van der Waals surface area contributed by atoms with Gasteiger partial charge in [-0.3, -0.25) is 0 Å². The molecule has 2 aromatic heterocycles. The summed E-state index contributed by atoms with van der Waals surface area (Å²) in [6, 6.07) is 3.97. The zero-order chi connectivity index (χ0) is 11.2. The second kappa shape index (κ2) is 6.03. The standard InChI is InChI=1S/C10H13N3OS2/c11-4-2-5-15-7-9-12-10(13-14-9)8-3-1-6-16-8/h1,3,6H,2,4-5,7,11H2. The first-order valence-electron chi connectivity index (χ1n) is 5.04. The molecule has 0 spiro atoms. The van der Waals surface area contributed by atoms with E-state index in [2.05, 4.69) is 10.1 Å². The smallest absolute Gasteiger partial charge is 0.236 e. The maximum Gasteiger partial charge on any atom is 0.236 e. The minimum absolute atomic E-state index is 0.685. The Morgan fingerprint density at radius 3 is 3.19 bits per heavy atom. The Morgan fingerprint density at radius 2 is 2.44 bits per heavy atom. The second-order valence-electron chi connectivity index (χ2n) is 3.18. The van der Waals surface area contributed by atoms with Gasteiger partial charge in [0.1, 0.15) is 0 Å². The minimum Gasteiger partial charge on any atom is -0.338 e. The number of thiophene rings is 1. The van der Waals surface area contributed by atoms with Crippen LogP contribution in [0, 0.1) is 0 Å². The molecule has 0 aliphatic carbocycles. The molecule has 2 heterocycles. The van der Waals surface area contributed by atoms with Crippen LogP contribution >= 0.6 is 23.1 Å². The first-order valence-corrected chi connectivity index (χ1v) is 7.08. The quantitative estimate of drug-likeness (QED) is 0.803. The Balaban J connectivity index is 1.88. The molecule has 4 nitrogen and oxygen atoms in total. The van der Waals surface area contributed by atoms with Crippen LogP contribution in [0.3, 0.4) is 0 Å². The molecule has 2 aromatic rings. The van der Waals surface area contributed by atoms with Gasteiger partial charge in [0.05, 0.1) is 10.6 Å². The Labute approximate surface area is 102 Å². The molecule has 0 unspecified atom stereocenters. The molecule has 2 rings (SSSR count). The van der Waals surface area contributed by atoms with Crippen molar-refractivity contribution in [3.8, 4) is 10.7 Å². The van der Waals surface area contributed by atoms with Gasteiger partial charge in [-0.15, -0.1) is 11.3 Å². The van der Waals surface area contributed by atoms with Crippen LogP contribution in [0.1, 0.15) is 12.3 Å². The minimum atomic E-state index is 0.685. The number of rotatable bonds is 6. The summed E-state index contributed by atoms with van der Waals surface area (Å²) in [5, 5.41) is 5.95. The van der Waals surface area contributed by atoms with E-state index in [1.165, 1.54) is 0 Å². The van der Waals surface area contributed by atoms with E-state index < -0.39 is 0 Å². The lowest BCUT2D eigenvalue weighted by molar-refractivity contribution is 0.392. The van der Waals surface area contributed by atoms with Gasteiger partial charge in [-0.2, -0.15) is 16.7 Å². The number of nitrogens with two attached hydrogens (primary N) is 1. The predicted molar refractivity (Wildman–Crippen MR) is 67.4 cm³/mol. The monoisotopic (exact) mass is 255 g/mol. The third-order valence-corrected chi connectivity index (χ3v) is 3.82. The molecule has 16 heavy (non-hydrogen) atoms. The van der Waals surface area contributed by atoms with Crippen LogP contribution in [-0.2, 0) is 5.75 Å². The summed E-state index contributed by atoms with van der Waals surface area (Å²) in [4.78, 5) is 5.37. The zero-order valence-electron chi connectivity index (χ0n) is 8.76. The van der Waals surface area contributed by atoms with E-state index in [1.807, 2.05) is 17.5 Å². The molecule has 0 aromatic carbocycles. The van der Waals surface area contributed by atoms with Crippen molar-refractivity contribution in [1.82, 2.24) is 10.1 Å². The topological polar surface area (TPSA) is 64.9 Å². The molecular weight excluding hydrogens is 242 g/mol. The number of hydrogen-bond acceptors (Lipinski definition) is 6. The van der Waals surface area contributed by atoms with Crippen molar-refractivity contribution in [2.75, 3.05) is 12.3 Å². The van der Waals surface area contributed by atoms with Crippen LogP contribution in [0.25, 0.3) is 10.7 Å². The fraction of sp³-hybridized carbons (Fsp3) is 0.400. The highest BCUT2D eigenvalue weighted by Gasteiger charge is 2.08. The third kappa shape index (κ3) is 3.07. The second-order valence-corrected chi connectivity index (χ2v) is 5.24. The van der Waals surface area contributed by atoms with Crippen LogP contribution in [-0.4, -0.2) is 22.4 Å². The van der Waals surface area contributed by atoms with Gasteiger partial charge < -0.3 is 10.3 Å². The Morgan fingerprint density at radius 1 is 1.50 bits per heavy atom. The van der Waals surface area contributed by atoms with Crippen LogP contribution < -0.4 is 5.73 Å². The molecule has 6 heteroatoms. The van der Waals surface area contributed by atoms with E-state index in [-0.39, 0.29) is 0 Å². The van der Waals surface area contributed by atoms with Crippen LogP contribution in [0.2, 0.25) is 0 Å². The Kier molecular flexibility index (Phi) is 4.38. The number of aromatic nitrogens is 2. The largest absolute Gasteiger partial charge is 0.338 e. The van der Waals surface area contributed by atoms with Crippen molar-refractivity contribution in [1.29, 1.82) is 0 Å². The maximum absolute atomic E-state index is 5.41. The Hall–Kier alpha value is -0.850. The number of thioether (sulfide) groups is 1. The molecular formula is C10H13N3OS2. The van der Waals surface area contributed by atoms with Crippen LogP contribution in [0.15, 0.2) is 22.0 Å². The van der Waals surface area contributed by atoms with E-state index in [9.17, 15) is 0 Å². The van der Waals surface area contributed by atoms with E-state index in [0.717, 1.165) is 29.3 Å². The van der Waals surface area contributed by atoms with E-state index in [4.69, 9.17) is 10.3 Å². The van der Waals surface area contributed by atoms with Gasteiger partial charge in [-0.1, -0.05) is 11.2 Å². The molecule has 0 saturated heterocycles. The SMILES string of the molecule is NCCCSCc1nc(-c2cccs2)no1.